The lowest BCUT2D eigenvalue weighted by molar-refractivity contribution is 0.301. The van der Waals surface area contributed by atoms with Crippen LogP contribution in [0.3, 0.4) is 0 Å². The highest BCUT2D eigenvalue weighted by atomic mass is 16.3. The van der Waals surface area contributed by atoms with Crippen LogP contribution >= 0.6 is 0 Å². The summed E-state index contributed by atoms with van der Waals surface area (Å²) in [4.78, 5) is 6.40. The number of nitrogens with zero attached hydrogens (tertiary/aromatic N) is 2. The highest BCUT2D eigenvalue weighted by Gasteiger charge is 2.11. The number of rotatable bonds is 6. The van der Waals surface area contributed by atoms with Gasteiger partial charge in [0.2, 0.25) is 0 Å². The highest BCUT2D eigenvalue weighted by molar-refractivity contribution is 5.51. The Kier molecular flexibility index (Phi) is 4.89. The molecule has 0 aliphatic heterocycles. The van der Waals surface area contributed by atoms with Crippen LogP contribution in [0.2, 0.25) is 0 Å². The van der Waals surface area contributed by atoms with Crippen molar-refractivity contribution in [2.45, 2.75) is 13.1 Å². The van der Waals surface area contributed by atoms with E-state index in [-0.39, 0.29) is 6.61 Å². The maximum atomic E-state index is 9.25. The van der Waals surface area contributed by atoms with E-state index in [0.717, 1.165) is 17.9 Å². The molecule has 0 aliphatic carbocycles. The van der Waals surface area contributed by atoms with Crippen LogP contribution in [0.25, 0.3) is 0 Å². The van der Waals surface area contributed by atoms with Crippen molar-refractivity contribution in [3.05, 3.63) is 59.9 Å². The number of hydrogen-bond acceptors (Lipinski definition) is 4. The number of benzene rings is 1. The Morgan fingerprint density at radius 1 is 1.11 bits per heavy atom. The second kappa shape index (κ2) is 6.87. The molecular formula is C15H19N3O. The molecule has 0 bridgehead atoms. The van der Waals surface area contributed by atoms with E-state index in [1.54, 1.807) is 6.20 Å². The topological polar surface area (TPSA) is 62.4 Å². The summed E-state index contributed by atoms with van der Waals surface area (Å²) in [7, 11) is 0. The van der Waals surface area contributed by atoms with E-state index < -0.39 is 0 Å². The normalized spacial score (nSPS) is 10.4. The van der Waals surface area contributed by atoms with Gasteiger partial charge in [-0.3, -0.25) is 4.98 Å². The summed E-state index contributed by atoms with van der Waals surface area (Å²) in [6.45, 7) is 1.80. The standard InChI is InChI=1S/C15H19N3O/c16-11-14-15(7-4-8-17-14)18(9-10-19)12-13-5-2-1-3-6-13/h1-8,19H,9-12,16H2. The third-order valence-corrected chi connectivity index (χ3v) is 2.99. The second-order valence-electron chi connectivity index (χ2n) is 4.30. The lowest BCUT2D eigenvalue weighted by Crippen LogP contribution is -2.27. The molecule has 100 valence electrons. The van der Waals surface area contributed by atoms with Crippen LogP contribution in [0.5, 0.6) is 0 Å². The fraction of sp³-hybridized carbons (Fsp3) is 0.267. The van der Waals surface area contributed by atoms with E-state index in [1.807, 2.05) is 30.3 Å². The third kappa shape index (κ3) is 3.53. The number of hydrogen-bond donors (Lipinski definition) is 2. The Balaban J connectivity index is 2.24. The molecule has 0 amide bonds. The summed E-state index contributed by atoms with van der Waals surface area (Å²) in [5.41, 5.74) is 8.77. The van der Waals surface area contributed by atoms with Crippen molar-refractivity contribution in [2.75, 3.05) is 18.1 Å². The zero-order valence-corrected chi connectivity index (χ0v) is 10.9. The van der Waals surface area contributed by atoms with Crippen LogP contribution in [0.4, 0.5) is 5.69 Å². The quantitative estimate of drug-likeness (QED) is 0.824. The molecule has 4 nitrogen and oxygen atoms in total. The molecular weight excluding hydrogens is 238 g/mol. The molecule has 0 radical (unpaired) electrons. The fourth-order valence-corrected chi connectivity index (χ4v) is 2.08. The van der Waals surface area contributed by atoms with Gasteiger partial charge in [-0.1, -0.05) is 30.3 Å². The van der Waals surface area contributed by atoms with Crippen LogP contribution in [-0.4, -0.2) is 23.2 Å². The molecule has 0 aliphatic rings. The maximum absolute atomic E-state index is 9.25. The fourth-order valence-electron chi connectivity index (χ4n) is 2.08. The van der Waals surface area contributed by atoms with Gasteiger partial charge >= 0.3 is 0 Å². The average molecular weight is 257 g/mol. The number of aliphatic hydroxyl groups is 1. The van der Waals surface area contributed by atoms with Gasteiger partial charge in [-0.15, -0.1) is 0 Å². The Bertz CT molecular complexity index is 502. The van der Waals surface area contributed by atoms with Crippen LogP contribution in [0.1, 0.15) is 11.3 Å². The van der Waals surface area contributed by atoms with E-state index in [9.17, 15) is 5.11 Å². The van der Waals surface area contributed by atoms with Gasteiger partial charge in [-0.05, 0) is 17.7 Å². The number of nitrogens with two attached hydrogens (primary N) is 1. The monoisotopic (exact) mass is 257 g/mol. The third-order valence-electron chi connectivity index (χ3n) is 2.99. The van der Waals surface area contributed by atoms with Gasteiger partial charge in [0.1, 0.15) is 0 Å². The summed E-state index contributed by atoms with van der Waals surface area (Å²) in [6.07, 6.45) is 1.74. The van der Waals surface area contributed by atoms with E-state index in [2.05, 4.69) is 22.0 Å². The van der Waals surface area contributed by atoms with Crippen LogP contribution < -0.4 is 10.6 Å². The molecule has 1 aromatic carbocycles. The second-order valence-corrected chi connectivity index (χ2v) is 4.30. The van der Waals surface area contributed by atoms with Gasteiger partial charge in [0, 0.05) is 25.8 Å². The zero-order valence-electron chi connectivity index (χ0n) is 10.9. The molecule has 0 atom stereocenters. The van der Waals surface area contributed by atoms with Gasteiger partial charge in [-0.25, -0.2) is 0 Å². The molecule has 0 unspecified atom stereocenters. The SMILES string of the molecule is NCc1ncccc1N(CCO)Cc1ccccc1. The smallest absolute Gasteiger partial charge is 0.0772 e. The molecule has 19 heavy (non-hydrogen) atoms. The van der Waals surface area contributed by atoms with E-state index in [0.29, 0.717) is 13.1 Å². The molecule has 0 spiro atoms. The van der Waals surface area contributed by atoms with Crippen molar-refractivity contribution in [3.63, 3.8) is 0 Å². The Morgan fingerprint density at radius 3 is 2.58 bits per heavy atom. The Hall–Kier alpha value is -1.91. The van der Waals surface area contributed by atoms with E-state index in [4.69, 9.17) is 5.73 Å². The Labute approximate surface area is 113 Å². The first kappa shape index (κ1) is 13.5. The first-order valence-corrected chi connectivity index (χ1v) is 6.39. The minimum atomic E-state index is 0.103. The summed E-state index contributed by atoms with van der Waals surface area (Å²) < 4.78 is 0. The van der Waals surface area contributed by atoms with Crippen LogP contribution in [0, 0.1) is 0 Å². The molecule has 3 N–H and O–H groups in total. The maximum Gasteiger partial charge on any atom is 0.0772 e. The van der Waals surface area contributed by atoms with Crippen molar-refractivity contribution in [2.24, 2.45) is 5.73 Å². The summed E-state index contributed by atoms with van der Waals surface area (Å²) in [5, 5.41) is 9.25. The minimum Gasteiger partial charge on any atom is -0.395 e. The van der Waals surface area contributed by atoms with Crippen molar-refractivity contribution in [1.29, 1.82) is 0 Å². The number of anilines is 1. The number of aromatic nitrogens is 1. The molecule has 1 aromatic heterocycles. The average Bonchev–Trinajstić information content (AvgIpc) is 2.48. The summed E-state index contributed by atoms with van der Waals surface area (Å²) >= 11 is 0. The van der Waals surface area contributed by atoms with Gasteiger partial charge in [0.25, 0.3) is 0 Å². The highest BCUT2D eigenvalue weighted by Crippen LogP contribution is 2.20. The van der Waals surface area contributed by atoms with Crippen molar-refractivity contribution in [3.8, 4) is 0 Å². The van der Waals surface area contributed by atoms with Gasteiger partial charge in [0.05, 0.1) is 18.0 Å². The van der Waals surface area contributed by atoms with Crippen molar-refractivity contribution < 1.29 is 5.11 Å². The first-order valence-electron chi connectivity index (χ1n) is 6.39. The van der Waals surface area contributed by atoms with Crippen molar-refractivity contribution >= 4 is 5.69 Å². The molecule has 1 heterocycles. The predicted octanol–water partition coefficient (Wildman–Crippen LogP) is 1.54. The lowest BCUT2D eigenvalue weighted by Gasteiger charge is -2.25. The van der Waals surface area contributed by atoms with E-state index >= 15 is 0 Å². The number of pyridine rings is 1. The lowest BCUT2D eigenvalue weighted by atomic mass is 10.2. The van der Waals surface area contributed by atoms with Gasteiger partial charge < -0.3 is 15.7 Å². The predicted molar refractivity (Wildman–Crippen MR) is 76.7 cm³/mol. The zero-order chi connectivity index (χ0) is 13.5. The molecule has 4 heteroatoms. The largest absolute Gasteiger partial charge is 0.395 e. The van der Waals surface area contributed by atoms with Gasteiger partial charge in [0.15, 0.2) is 0 Å². The van der Waals surface area contributed by atoms with Gasteiger partial charge in [-0.2, -0.15) is 0 Å². The van der Waals surface area contributed by atoms with Crippen LogP contribution in [0.15, 0.2) is 48.7 Å². The molecule has 0 fully saturated rings. The summed E-state index contributed by atoms with van der Waals surface area (Å²) in [5.74, 6) is 0. The first-order chi connectivity index (χ1) is 9.35. The molecule has 0 saturated heterocycles. The summed E-state index contributed by atoms with van der Waals surface area (Å²) in [6, 6.07) is 14.1. The molecule has 0 saturated carbocycles. The Morgan fingerprint density at radius 2 is 1.89 bits per heavy atom. The van der Waals surface area contributed by atoms with Crippen LogP contribution in [-0.2, 0) is 13.1 Å². The molecule has 2 aromatic rings. The van der Waals surface area contributed by atoms with Crippen molar-refractivity contribution in [1.82, 2.24) is 4.98 Å². The molecule has 2 rings (SSSR count). The van der Waals surface area contributed by atoms with E-state index in [1.165, 1.54) is 5.56 Å². The number of aliphatic hydroxyl groups excluding tert-OH is 1. The minimum absolute atomic E-state index is 0.103.